The second-order valence-electron chi connectivity index (χ2n) is 7.09. The number of Topliss-reactive ketones (excluding diaryl/α,β-unsaturated/α-hetero) is 1. The first-order chi connectivity index (χ1) is 10.6. The Morgan fingerprint density at radius 2 is 2.18 bits per heavy atom. The van der Waals surface area contributed by atoms with Crippen LogP contribution in [0.15, 0.2) is 12.2 Å². The largest absolute Gasteiger partial charge is 0.373 e. The minimum Gasteiger partial charge on any atom is -0.373 e. The highest BCUT2D eigenvalue weighted by atomic mass is 16.6. The maximum Gasteiger partial charge on any atom is 0.162 e. The van der Waals surface area contributed by atoms with Gasteiger partial charge in [0.05, 0.1) is 18.6 Å². The highest BCUT2D eigenvalue weighted by Crippen LogP contribution is 2.58. The maximum atomic E-state index is 12.2. The molecule has 3 aliphatic rings. The monoisotopic (exact) mass is 308 g/mol. The summed E-state index contributed by atoms with van der Waals surface area (Å²) in [5.74, 6) is 0.225. The molecule has 0 bridgehead atoms. The Morgan fingerprint density at radius 1 is 1.41 bits per heavy atom. The number of unbranched alkanes of at least 4 members (excludes halogenated alkanes) is 2. The lowest BCUT2D eigenvalue weighted by molar-refractivity contribution is -0.142. The van der Waals surface area contributed by atoms with Gasteiger partial charge in [0, 0.05) is 13.5 Å². The van der Waals surface area contributed by atoms with Crippen LogP contribution in [0.1, 0.15) is 52.4 Å². The quantitative estimate of drug-likeness (QED) is 0.412. The van der Waals surface area contributed by atoms with Crippen molar-refractivity contribution in [2.75, 3.05) is 13.7 Å². The molecule has 1 spiro atoms. The second-order valence-corrected chi connectivity index (χ2v) is 7.09. The molecule has 2 saturated heterocycles. The summed E-state index contributed by atoms with van der Waals surface area (Å²) < 4.78 is 17.4. The Bertz CT molecular complexity index is 454. The van der Waals surface area contributed by atoms with Gasteiger partial charge < -0.3 is 14.2 Å². The van der Waals surface area contributed by atoms with E-state index in [-0.39, 0.29) is 35.1 Å². The summed E-state index contributed by atoms with van der Waals surface area (Å²) in [7, 11) is 1.63. The summed E-state index contributed by atoms with van der Waals surface area (Å²) >= 11 is 0. The molecule has 3 fully saturated rings. The Kier molecular flexibility index (Phi) is 4.45. The number of epoxide rings is 2. The number of hydrogen-bond acceptors (Lipinski definition) is 4. The van der Waals surface area contributed by atoms with Crippen molar-refractivity contribution in [1.82, 2.24) is 0 Å². The van der Waals surface area contributed by atoms with E-state index in [4.69, 9.17) is 14.2 Å². The van der Waals surface area contributed by atoms with Crippen molar-refractivity contribution in [1.29, 1.82) is 0 Å². The molecular weight excluding hydrogens is 280 g/mol. The molecule has 5 atom stereocenters. The van der Waals surface area contributed by atoms with Crippen LogP contribution in [0.4, 0.5) is 0 Å². The summed E-state index contributed by atoms with van der Waals surface area (Å²) in [5, 5.41) is 0. The third kappa shape index (κ3) is 2.77. The van der Waals surface area contributed by atoms with Gasteiger partial charge in [0.15, 0.2) is 5.78 Å². The third-order valence-electron chi connectivity index (χ3n) is 5.59. The average molecular weight is 308 g/mol. The Hall–Kier alpha value is -0.710. The fourth-order valence-electron chi connectivity index (χ4n) is 4.09. The van der Waals surface area contributed by atoms with Crippen LogP contribution < -0.4 is 0 Å². The van der Waals surface area contributed by atoms with Crippen LogP contribution in [0, 0.1) is 5.92 Å². The second kappa shape index (κ2) is 6.06. The molecule has 124 valence electrons. The number of carbonyl (C=O) groups excluding carboxylic acids is 1. The van der Waals surface area contributed by atoms with Gasteiger partial charge in [-0.25, -0.2) is 0 Å². The zero-order valence-electron chi connectivity index (χ0n) is 14.0. The van der Waals surface area contributed by atoms with Crippen molar-refractivity contribution in [3.8, 4) is 0 Å². The van der Waals surface area contributed by atoms with Gasteiger partial charge in [0.1, 0.15) is 17.3 Å². The minimum absolute atomic E-state index is 0.0280. The predicted octanol–water partition coefficient (Wildman–Crippen LogP) is 3.04. The highest BCUT2D eigenvalue weighted by Gasteiger charge is 2.71. The average Bonchev–Trinajstić information content (AvgIpc) is 3.40. The van der Waals surface area contributed by atoms with Gasteiger partial charge in [0.2, 0.25) is 0 Å². The molecule has 2 heterocycles. The summed E-state index contributed by atoms with van der Waals surface area (Å²) in [4.78, 5) is 12.2. The van der Waals surface area contributed by atoms with Crippen LogP contribution in [-0.2, 0) is 19.0 Å². The van der Waals surface area contributed by atoms with Crippen LogP contribution in [0.5, 0.6) is 0 Å². The number of ketones is 1. The molecule has 0 radical (unpaired) electrons. The predicted molar refractivity (Wildman–Crippen MR) is 83.8 cm³/mol. The summed E-state index contributed by atoms with van der Waals surface area (Å²) in [6, 6.07) is 0. The fourth-order valence-corrected chi connectivity index (χ4v) is 4.09. The van der Waals surface area contributed by atoms with E-state index in [0.29, 0.717) is 6.42 Å². The van der Waals surface area contributed by atoms with Gasteiger partial charge in [-0.1, -0.05) is 31.9 Å². The number of methoxy groups -OCH3 is 1. The van der Waals surface area contributed by atoms with Crippen LogP contribution in [0.2, 0.25) is 0 Å². The zero-order valence-corrected chi connectivity index (χ0v) is 14.0. The third-order valence-corrected chi connectivity index (χ3v) is 5.59. The molecule has 3 rings (SSSR count). The molecular formula is C18H28O4. The van der Waals surface area contributed by atoms with E-state index >= 15 is 0 Å². The van der Waals surface area contributed by atoms with Crippen molar-refractivity contribution in [2.24, 2.45) is 5.92 Å². The SMILES string of the molecule is CCCCC=CC[C@H]1O[C@]1(C)[C@H]1[C@H](OC)C(=O)CC[C@]12CO2. The van der Waals surface area contributed by atoms with Crippen LogP contribution >= 0.6 is 0 Å². The number of hydrogen-bond donors (Lipinski definition) is 0. The molecule has 0 unspecified atom stereocenters. The first-order valence-corrected chi connectivity index (χ1v) is 8.59. The minimum atomic E-state index is -0.379. The Morgan fingerprint density at radius 3 is 2.82 bits per heavy atom. The normalized spacial score (nSPS) is 44.0. The van der Waals surface area contributed by atoms with Crippen molar-refractivity contribution >= 4 is 5.78 Å². The lowest BCUT2D eigenvalue weighted by Gasteiger charge is -2.37. The van der Waals surface area contributed by atoms with Crippen LogP contribution in [-0.4, -0.2) is 42.9 Å². The van der Waals surface area contributed by atoms with E-state index in [9.17, 15) is 4.79 Å². The van der Waals surface area contributed by atoms with E-state index in [2.05, 4.69) is 26.0 Å². The first-order valence-electron chi connectivity index (χ1n) is 8.59. The standard InChI is InChI=1S/C18H28O4/c1-4-5-6-7-8-9-14-17(2,22-14)16-15(20-3)13(19)10-11-18(16)12-21-18/h7-8,14-16H,4-6,9-12H2,1-3H3/t14-,15-,16-,17+,18+/m1/s1. The van der Waals surface area contributed by atoms with Crippen molar-refractivity contribution in [2.45, 2.75) is 75.8 Å². The zero-order chi connectivity index (χ0) is 15.8. The van der Waals surface area contributed by atoms with E-state index < -0.39 is 0 Å². The van der Waals surface area contributed by atoms with Crippen LogP contribution in [0.25, 0.3) is 0 Å². The van der Waals surface area contributed by atoms with E-state index in [1.807, 2.05) is 0 Å². The van der Waals surface area contributed by atoms with Gasteiger partial charge in [-0.15, -0.1) is 0 Å². The van der Waals surface area contributed by atoms with Crippen LogP contribution in [0.3, 0.4) is 0 Å². The fraction of sp³-hybridized carbons (Fsp3) is 0.833. The van der Waals surface area contributed by atoms with E-state index in [1.165, 1.54) is 12.8 Å². The topological polar surface area (TPSA) is 51.4 Å². The molecule has 0 N–H and O–H groups in total. The molecule has 22 heavy (non-hydrogen) atoms. The molecule has 0 aromatic rings. The number of rotatable bonds is 7. The molecule has 0 amide bonds. The van der Waals surface area contributed by atoms with Crippen molar-refractivity contribution in [3.63, 3.8) is 0 Å². The molecule has 2 aliphatic heterocycles. The Balaban J connectivity index is 1.64. The van der Waals surface area contributed by atoms with Gasteiger partial charge in [-0.2, -0.15) is 0 Å². The number of allylic oxidation sites excluding steroid dienone is 1. The molecule has 4 nitrogen and oxygen atoms in total. The highest BCUT2D eigenvalue weighted by molar-refractivity contribution is 5.85. The van der Waals surface area contributed by atoms with Crippen molar-refractivity contribution in [3.05, 3.63) is 12.2 Å². The van der Waals surface area contributed by atoms with E-state index in [1.54, 1.807) is 7.11 Å². The molecule has 4 heteroatoms. The maximum absolute atomic E-state index is 12.2. The van der Waals surface area contributed by atoms with Gasteiger partial charge >= 0.3 is 0 Å². The summed E-state index contributed by atoms with van der Waals surface area (Å²) in [6.07, 6.45) is 10.2. The number of ether oxygens (including phenoxy) is 3. The smallest absolute Gasteiger partial charge is 0.162 e. The molecule has 1 aliphatic carbocycles. The summed E-state index contributed by atoms with van der Waals surface area (Å²) in [5.41, 5.74) is -0.466. The number of carbonyl (C=O) groups is 1. The van der Waals surface area contributed by atoms with E-state index in [0.717, 1.165) is 25.9 Å². The van der Waals surface area contributed by atoms with Gasteiger partial charge in [-0.05, 0) is 26.2 Å². The lowest BCUT2D eigenvalue weighted by atomic mass is 9.69. The van der Waals surface area contributed by atoms with Crippen molar-refractivity contribution < 1.29 is 19.0 Å². The molecule has 1 saturated carbocycles. The lowest BCUT2D eigenvalue weighted by Crippen LogP contribution is -2.52. The van der Waals surface area contributed by atoms with Gasteiger partial charge in [-0.3, -0.25) is 4.79 Å². The summed E-state index contributed by atoms with van der Waals surface area (Å²) in [6.45, 7) is 5.06. The first kappa shape index (κ1) is 16.2. The Labute approximate surface area is 133 Å². The molecule has 0 aromatic heterocycles. The van der Waals surface area contributed by atoms with Gasteiger partial charge in [0.25, 0.3) is 0 Å². The molecule has 0 aromatic carbocycles.